The Morgan fingerprint density at radius 3 is 2.03 bits per heavy atom. The Kier molecular flexibility index (Phi) is 10.5. The number of rotatable bonds is 10. The molecule has 0 aliphatic heterocycles. The summed E-state index contributed by atoms with van der Waals surface area (Å²) in [5.74, 6) is 2.80. The van der Waals surface area contributed by atoms with Gasteiger partial charge in [-0.25, -0.2) is 4.39 Å². The Morgan fingerprint density at radius 2 is 1.42 bits per heavy atom. The lowest BCUT2D eigenvalue weighted by atomic mass is 9.65. The van der Waals surface area contributed by atoms with Gasteiger partial charge in [0.2, 0.25) is 5.82 Å². The van der Waals surface area contributed by atoms with Crippen LogP contribution in [0.4, 0.5) is 8.78 Å². The molecular formula is C33H48F2O. The monoisotopic (exact) mass is 498 g/mol. The van der Waals surface area contributed by atoms with E-state index < -0.39 is 11.6 Å². The number of hydrogen-bond acceptors (Lipinski definition) is 1. The van der Waals surface area contributed by atoms with Gasteiger partial charge in [-0.1, -0.05) is 44.4 Å². The summed E-state index contributed by atoms with van der Waals surface area (Å²) >= 11 is 0. The van der Waals surface area contributed by atoms with Crippen LogP contribution in [-0.2, 0) is 0 Å². The number of unbranched alkanes of at least 4 members (excludes halogenated alkanes) is 1. The lowest BCUT2D eigenvalue weighted by Crippen LogP contribution is -2.28. The molecule has 0 saturated heterocycles. The maximum Gasteiger partial charge on any atom is 0.201 e. The summed E-state index contributed by atoms with van der Waals surface area (Å²) in [6, 6.07) is 3.27. The average Bonchev–Trinajstić information content (AvgIpc) is 2.92. The molecule has 2 saturated carbocycles. The molecule has 3 aliphatic rings. The maximum atomic E-state index is 14.7. The van der Waals surface area contributed by atoms with Crippen LogP contribution in [0.2, 0.25) is 0 Å². The number of ether oxygens (including phenoxy) is 1. The Morgan fingerprint density at radius 1 is 0.778 bits per heavy atom. The van der Waals surface area contributed by atoms with Gasteiger partial charge in [0, 0.05) is 5.56 Å². The normalized spacial score (nSPS) is 29.3. The molecule has 1 aromatic rings. The zero-order valence-corrected chi connectivity index (χ0v) is 22.8. The first-order valence-electron chi connectivity index (χ1n) is 15.1. The second kappa shape index (κ2) is 13.8. The highest BCUT2D eigenvalue weighted by Crippen LogP contribution is 2.46. The molecule has 3 aliphatic carbocycles. The molecule has 200 valence electrons. The molecule has 4 rings (SSSR count). The minimum absolute atomic E-state index is 0.0119. The van der Waals surface area contributed by atoms with Gasteiger partial charge in [0.15, 0.2) is 11.6 Å². The van der Waals surface area contributed by atoms with E-state index in [0.717, 1.165) is 48.5 Å². The summed E-state index contributed by atoms with van der Waals surface area (Å²) in [5.41, 5.74) is 1.39. The van der Waals surface area contributed by atoms with Crippen molar-refractivity contribution in [1.29, 1.82) is 0 Å². The third kappa shape index (κ3) is 7.01. The molecule has 0 amide bonds. The van der Waals surface area contributed by atoms with Gasteiger partial charge in [-0.3, -0.25) is 0 Å². The van der Waals surface area contributed by atoms with E-state index in [1.54, 1.807) is 19.1 Å². The Balaban J connectivity index is 1.20. The summed E-state index contributed by atoms with van der Waals surface area (Å²) in [7, 11) is 0. The van der Waals surface area contributed by atoms with Crippen molar-refractivity contribution >= 4 is 5.57 Å². The molecule has 0 spiro atoms. The van der Waals surface area contributed by atoms with E-state index >= 15 is 0 Å². The number of hydrogen-bond donors (Lipinski definition) is 0. The van der Waals surface area contributed by atoms with Crippen molar-refractivity contribution in [3.63, 3.8) is 0 Å². The molecular weight excluding hydrogens is 450 g/mol. The van der Waals surface area contributed by atoms with Crippen LogP contribution in [0.15, 0.2) is 30.4 Å². The van der Waals surface area contributed by atoms with Crippen LogP contribution in [0.3, 0.4) is 0 Å². The zero-order chi connectivity index (χ0) is 25.3. The number of benzene rings is 1. The highest BCUT2D eigenvalue weighted by Gasteiger charge is 2.34. The van der Waals surface area contributed by atoms with Crippen molar-refractivity contribution in [1.82, 2.24) is 0 Å². The Labute approximate surface area is 218 Å². The Bertz CT molecular complexity index is 872. The predicted molar refractivity (Wildman–Crippen MR) is 147 cm³/mol. The second-order valence-corrected chi connectivity index (χ2v) is 11.7. The molecule has 0 N–H and O–H groups in total. The fraction of sp³-hybridized carbons (Fsp3) is 0.697. The largest absolute Gasteiger partial charge is 0.491 e. The summed E-state index contributed by atoms with van der Waals surface area (Å²) in [4.78, 5) is 0. The van der Waals surface area contributed by atoms with E-state index in [-0.39, 0.29) is 5.75 Å². The lowest BCUT2D eigenvalue weighted by Gasteiger charge is -2.40. The third-order valence-electron chi connectivity index (χ3n) is 9.55. The van der Waals surface area contributed by atoms with Gasteiger partial charge in [0.05, 0.1) is 6.61 Å². The van der Waals surface area contributed by atoms with Gasteiger partial charge in [-0.05, 0) is 131 Å². The number of halogens is 2. The van der Waals surface area contributed by atoms with Gasteiger partial charge in [0.25, 0.3) is 0 Å². The van der Waals surface area contributed by atoms with Crippen molar-refractivity contribution in [3.05, 3.63) is 47.6 Å². The van der Waals surface area contributed by atoms with E-state index in [1.807, 2.05) is 0 Å². The smallest absolute Gasteiger partial charge is 0.201 e. The van der Waals surface area contributed by atoms with Crippen molar-refractivity contribution in [2.24, 2.45) is 29.6 Å². The summed E-state index contributed by atoms with van der Waals surface area (Å²) in [6.07, 6.45) is 26.5. The van der Waals surface area contributed by atoms with E-state index in [4.69, 9.17) is 4.74 Å². The van der Waals surface area contributed by atoms with Crippen molar-refractivity contribution in [2.75, 3.05) is 6.61 Å². The molecule has 0 radical (unpaired) electrons. The van der Waals surface area contributed by atoms with E-state index in [9.17, 15) is 8.78 Å². The summed E-state index contributed by atoms with van der Waals surface area (Å²) in [6.45, 7) is 4.36. The van der Waals surface area contributed by atoms with Crippen LogP contribution < -0.4 is 4.74 Å². The fourth-order valence-electron chi connectivity index (χ4n) is 7.34. The van der Waals surface area contributed by atoms with Gasteiger partial charge >= 0.3 is 0 Å². The first-order chi connectivity index (χ1) is 17.6. The van der Waals surface area contributed by atoms with E-state index in [0.29, 0.717) is 18.1 Å². The molecule has 1 nitrogen and oxygen atoms in total. The molecule has 1 atom stereocenters. The van der Waals surface area contributed by atoms with Gasteiger partial charge in [-0.2, -0.15) is 4.39 Å². The topological polar surface area (TPSA) is 9.23 Å². The van der Waals surface area contributed by atoms with E-state index in [1.165, 1.54) is 77.0 Å². The van der Waals surface area contributed by atoms with Crippen LogP contribution in [-0.4, -0.2) is 6.61 Å². The zero-order valence-electron chi connectivity index (χ0n) is 22.8. The molecule has 36 heavy (non-hydrogen) atoms. The van der Waals surface area contributed by atoms with Crippen LogP contribution in [0.5, 0.6) is 5.75 Å². The van der Waals surface area contributed by atoms with Crippen LogP contribution in [0, 0.1) is 41.2 Å². The Hall–Kier alpha value is -1.64. The standard InChI is InChI=1S/C33H48F2O/c1-3-5-6-7-8-9-24-10-12-25(13-11-24)26-14-16-27(17-15-26)28-18-20-29(21-19-28)30-22-23-31(36-4-2)33(35)32(30)34/h6-7,20,22-28H,3-5,8-19,21H2,1-2H3/b7-6+. The maximum absolute atomic E-state index is 14.7. The fourth-order valence-corrected chi connectivity index (χ4v) is 7.34. The molecule has 3 heteroatoms. The van der Waals surface area contributed by atoms with Gasteiger partial charge in [0.1, 0.15) is 0 Å². The van der Waals surface area contributed by atoms with Gasteiger partial charge in [-0.15, -0.1) is 0 Å². The highest BCUT2D eigenvalue weighted by atomic mass is 19.2. The van der Waals surface area contributed by atoms with Crippen LogP contribution >= 0.6 is 0 Å². The average molecular weight is 499 g/mol. The van der Waals surface area contributed by atoms with Gasteiger partial charge < -0.3 is 4.74 Å². The summed E-state index contributed by atoms with van der Waals surface area (Å²) in [5, 5.41) is 0. The number of allylic oxidation sites excluding steroid dienone is 4. The van der Waals surface area contributed by atoms with Crippen LogP contribution in [0.1, 0.15) is 116 Å². The molecule has 1 unspecified atom stereocenters. The third-order valence-corrected chi connectivity index (χ3v) is 9.55. The molecule has 0 bridgehead atoms. The first kappa shape index (κ1) is 27.4. The lowest BCUT2D eigenvalue weighted by molar-refractivity contribution is 0.121. The van der Waals surface area contributed by atoms with Crippen LogP contribution in [0.25, 0.3) is 5.57 Å². The molecule has 1 aromatic carbocycles. The highest BCUT2D eigenvalue weighted by molar-refractivity contribution is 5.67. The minimum Gasteiger partial charge on any atom is -0.491 e. The molecule has 2 fully saturated rings. The van der Waals surface area contributed by atoms with E-state index in [2.05, 4.69) is 25.2 Å². The molecule has 0 aromatic heterocycles. The second-order valence-electron chi connectivity index (χ2n) is 11.7. The summed E-state index contributed by atoms with van der Waals surface area (Å²) < 4.78 is 34.2. The quantitative estimate of drug-likeness (QED) is 0.292. The SMILES string of the molecule is CCC/C=C/CCC1CCC(C2CCC(C3CC=C(c4ccc(OCC)c(F)c4F)CC3)CC2)CC1. The van der Waals surface area contributed by atoms with Crippen molar-refractivity contribution in [3.8, 4) is 5.75 Å². The van der Waals surface area contributed by atoms with Crippen molar-refractivity contribution < 1.29 is 13.5 Å². The molecule has 0 heterocycles. The first-order valence-corrected chi connectivity index (χ1v) is 15.1. The predicted octanol–water partition coefficient (Wildman–Crippen LogP) is 10.3. The van der Waals surface area contributed by atoms with Crippen molar-refractivity contribution in [2.45, 2.75) is 110 Å². The minimum atomic E-state index is -0.853.